The lowest BCUT2D eigenvalue weighted by Gasteiger charge is -2.08. The van der Waals surface area contributed by atoms with Gasteiger partial charge < -0.3 is 10.1 Å². The predicted molar refractivity (Wildman–Crippen MR) is 83.8 cm³/mol. The van der Waals surface area contributed by atoms with Crippen LogP contribution < -0.4 is 10.1 Å². The molecule has 1 aromatic carbocycles. The van der Waals surface area contributed by atoms with Gasteiger partial charge in [-0.15, -0.1) is 0 Å². The van der Waals surface area contributed by atoms with Crippen molar-refractivity contribution < 1.29 is 4.74 Å². The Morgan fingerprint density at radius 2 is 2.26 bits per heavy atom. The first-order valence-corrected chi connectivity index (χ1v) is 7.70. The summed E-state index contributed by atoms with van der Waals surface area (Å²) in [4.78, 5) is 0. The molecule has 0 spiro atoms. The summed E-state index contributed by atoms with van der Waals surface area (Å²) in [7, 11) is 1.71. The van der Waals surface area contributed by atoms with Crippen LogP contribution in [0.1, 0.15) is 31.7 Å². The van der Waals surface area contributed by atoms with Gasteiger partial charge in [0.05, 0.1) is 7.11 Å². The van der Waals surface area contributed by atoms with Crippen molar-refractivity contribution in [3.8, 4) is 5.75 Å². The normalized spacial score (nSPS) is 15.6. The number of benzene rings is 1. The molecule has 19 heavy (non-hydrogen) atoms. The molecule has 0 heterocycles. The van der Waals surface area contributed by atoms with Gasteiger partial charge in [-0.25, -0.2) is 0 Å². The molecule has 1 aliphatic carbocycles. The standard InChI is InChI=1S/C16H22BrNO/c1-12(4-3-9-18-14-5-6-14)10-13-11-15(19-2)7-8-16(13)17/h4,7-8,11,14,18H,3,5-6,9-10H2,1-2H3. The van der Waals surface area contributed by atoms with E-state index in [9.17, 15) is 0 Å². The van der Waals surface area contributed by atoms with Crippen LogP contribution in [-0.4, -0.2) is 19.7 Å². The number of nitrogens with one attached hydrogen (secondary N) is 1. The second kappa shape index (κ2) is 7.11. The summed E-state index contributed by atoms with van der Waals surface area (Å²) in [6.45, 7) is 3.30. The highest BCUT2D eigenvalue weighted by molar-refractivity contribution is 9.10. The van der Waals surface area contributed by atoms with Gasteiger partial charge in [0.1, 0.15) is 5.75 Å². The summed E-state index contributed by atoms with van der Waals surface area (Å²) in [5.74, 6) is 0.918. The van der Waals surface area contributed by atoms with Gasteiger partial charge >= 0.3 is 0 Å². The molecule has 1 aromatic rings. The van der Waals surface area contributed by atoms with Crippen molar-refractivity contribution in [1.82, 2.24) is 5.32 Å². The molecule has 1 saturated carbocycles. The zero-order chi connectivity index (χ0) is 13.7. The summed E-state index contributed by atoms with van der Waals surface area (Å²) < 4.78 is 6.42. The van der Waals surface area contributed by atoms with E-state index in [1.54, 1.807) is 7.11 Å². The number of hydrogen-bond donors (Lipinski definition) is 1. The Bertz CT molecular complexity index is 452. The smallest absolute Gasteiger partial charge is 0.119 e. The average molecular weight is 324 g/mol. The fourth-order valence-corrected chi connectivity index (χ4v) is 2.47. The van der Waals surface area contributed by atoms with E-state index in [4.69, 9.17) is 4.74 Å². The van der Waals surface area contributed by atoms with Crippen molar-refractivity contribution in [1.29, 1.82) is 0 Å². The van der Waals surface area contributed by atoms with Gasteiger partial charge in [0.2, 0.25) is 0 Å². The Labute approximate surface area is 124 Å². The molecule has 1 fully saturated rings. The van der Waals surface area contributed by atoms with Crippen molar-refractivity contribution in [2.75, 3.05) is 13.7 Å². The van der Waals surface area contributed by atoms with Gasteiger partial charge in [-0.2, -0.15) is 0 Å². The SMILES string of the molecule is COc1ccc(Br)c(CC(C)=CCCNC2CC2)c1. The van der Waals surface area contributed by atoms with Crippen LogP contribution in [0, 0.1) is 0 Å². The molecule has 0 unspecified atom stereocenters. The Hall–Kier alpha value is -0.800. The molecule has 1 aliphatic rings. The molecule has 2 rings (SSSR count). The van der Waals surface area contributed by atoms with E-state index in [0.29, 0.717) is 0 Å². The van der Waals surface area contributed by atoms with Gasteiger partial charge in [0.25, 0.3) is 0 Å². The van der Waals surface area contributed by atoms with Crippen molar-refractivity contribution in [2.45, 2.75) is 38.6 Å². The van der Waals surface area contributed by atoms with E-state index < -0.39 is 0 Å². The Kier molecular flexibility index (Phi) is 5.46. The Balaban J connectivity index is 1.85. The molecule has 0 aliphatic heterocycles. The van der Waals surface area contributed by atoms with E-state index >= 15 is 0 Å². The number of hydrogen-bond acceptors (Lipinski definition) is 2. The van der Waals surface area contributed by atoms with Crippen LogP contribution in [0.25, 0.3) is 0 Å². The highest BCUT2D eigenvalue weighted by Crippen LogP contribution is 2.24. The van der Waals surface area contributed by atoms with Crippen LogP contribution in [0.4, 0.5) is 0 Å². The van der Waals surface area contributed by atoms with Gasteiger partial charge in [-0.1, -0.05) is 27.6 Å². The largest absolute Gasteiger partial charge is 0.497 e. The fraction of sp³-hybridized carbons (Fsp3) is 0.500. The van der Waals surface area contributed by atoms with Crippen LogP contribution in [0.3, 0.4) is 0 Å². The number of halogens is 1. The van der Waals surface area contributed by atoms with Crippen LogP contribution >= 0.6 is 15.9 Å². The molecule has 3 heteroatoms. The van der Waals surface area contributed by atoms with Crippen LogP contribution in [0.2, 0.25) is 0 Å². The van der Waals surface area contributed by atoms with Gasteiger partial charge in [-0.3, -0.25) is 0 Å². The zero-order valence-electron chi connectivity index (χ0n) is 11.7. The predicted octanol–water partition coefficient (Wildman–Crippen LogP) is 4.09. The lowest BCUT2D eigenvalue weighted by molar-refractivity contribution is 0.414. The lowest BCUT2D eigenvalue weighted by atomic mass is 10.1. The molecule has 0 radical (unpaired) electrons. The second-order valence-corrected chi connectivity index (χ2v) is 6.06. The first-order chi connectivity index (χ1) is 9.19. The highest BCUT2D eigenvalue weighted by Gasteiger charge is 2.19. The number of methoxy groups -OCH3 is 1. The minimum absolute atomic E-state index is 0.807. The van der Waals surface area contributed by atoms with Crippen molar-refractivity contribution in [3.63, 3.8) is 0 Å². The maximum Gasteiger partial charge on any atom is 0.119 e. The van der Waals surface area contributed by atoms with Crippen molar-refractivity contribution >= 4 is 15.9 Å². The third kappa shape index (κ3) is 5.00. The number of allylic oxidation sites excluding steroid dienone is 1. The monoisotopic (exact) mass is 323 g/mol. The lowest BCUT2D eigenvalue weighted by Crippen LogP contribution is -2.16. The molecule has 0 saturated heterocycles. The van der Waals surface area contributed by atoms with Crippen LogP contribution in [0.5, 0.6) is 5.75 Å². The number of ether oxygens (including phenoxy) is 1. The Morgan fingerprint density at radius 1 is 1.47 bits per heavy atom. The summed E-state index contributed by atoms with van der Waals surface area (Å²) in [5, 5.41) is 3.53. The first-order valence-electron chi connectivity index (χ1n) is 6.90. The highest BCUT2D eigenvalue weighted by atomic mass is 79.9. The van der Waals surface area contributed by atoms with E-state index in [-0.39, 0.29) is 0 Å². The minimum atomic E-state index is 0.807. The zero-order valence-corrected chi connectivity index (χ0v) is 13.3. The van der Waals surface area contributed by atoms with Crippen molar-refractivity contribution in [2.24, 2.45) is 0 Å². The summed E-state index contributed by atoms with van der Waals surface area (Å²) in [5.41, 5.74) is 2.69. The van der Waals surface area contributed by atoms with E-state index in [1.807, 2.05) is 6.07 Å². The molecular weight excluding hydrogens is 302 g/mol. The van der Waals surface area contributed by atoms with Gasteiger partial charge in [0.15, 0.2) is 0 Å². The molecule has 0 bridgehead atoms. The van der Waals surface area contributed by atoms with Gasteiger partial charge in [-0.05, 0) is 62.9 Å². The Morgan fingerprint density at radius 3 is 2.95 bits per heavy atom. The fourth-order valence-electron chi connectivity index (χ4n) is 2.08. The molecule has 104 valence electrons. The number of rotatable bonds is 7. The third-order valence-corrected chi connectivity index (χ3v) is 4.14. The molecule has 0 amide bonds. The topological polar surface area (TPSA) is 21.3 Å². The first kappa shape index (κ1) is 14.6. The summed E-state index contributed by atoms with van der Waals surface area (Å²) in [6, 6.07) is 6.94. The second-order valence-electron chi connectivity index (χ2n) is 5.20. The molecule has 0 atom stereocenters. The summed E-state index contributed by atoms with van der Waals surface area (Å²) in [6.07, 6.45) is 7.14. The van der Waals surface area contributed by atoms with E-state index in [1.165, 1.54) is 24.0 Å². The van der Waals surface area contributed by atoms with Crippen molar-refractivity contribution in [3.05, 3.63) is 39.9 Å². The molecule has 1 N–H and O–H groups in total. The van der Waals surface area contributed by atoms with E-state index in [2.05, 4.69) is 46.4 Å². The maximum atomic E-state index is 5.27. The third-order valence-electron chi connectivity index (χ3n) is 3.37. The minimum Gasteiger partial charge on any atom is -0.497 e. The summed E-state index contributed by atoms with van der Waals surface area (Å²) >= 11 is 3.60. The van der Waals surface area contributed by atoms with Crippen LogP contribution in [0.15, 0.2) is 34.3 Å². The van der Waals surface area contributed by atoms with Gasteiger partial charge in [0, 0.05) is 10.5 Å². The molecule has 0 aromatic heterocycles. The van der Waals surface area contributed by atoms with E-state index in [0.717, 1.165) is 35.7 Å². The average Bonchev–Trinajstić information content (AvgIpc) is 3.21. The molecular formula is C16H22BrNO. The molecule has 2 nitrogen and oxygen atoms in total. The van der Waals surface area contributed by atoms with Crippen LogP contribution in [-0.2, 0) is 6.42 Å². The quantitative estimate of drug-likeness (QED) is 0.602. The maximum absolute atomic E-state index is 5.27.